The molecule has 0 aliphatic heterocycles. The Labute approximate surface area is 150 Å². The summed E-state index contributed by atoms with van der Waals surface area (Å²) in [6.45, 7) is 0.483. The molecule has 2 aromatic heterocycles. The Morgan fingerprint density at radius 2 is 2.00 bits per heavy atom. The zero-order valence-corrected chi connectivity index (χ0v) is 14.3. The number of nitrogens with zero attached hydrogens (tertiary/aromatic N) is 3. The summed E-state index contributed by atoms with van der Waals surface area (Å²) in [4.78, 5) is 16.9. The van der Waals surface area contributed by atoms with E-state index in [0.29, 0.717) is 24.3 Å². The number of carbonyl (C=O) groups is 1. The molecule has 0 saturated carbocycles. The number of pyridine rings is 1. The first-order valence-corrected chi connectivity index (χ1v) is 8.78. The second-order valence-corrected chi connectivity index (χ2v) is 6.32. The molecule has 26 heavy (non-hydrogen) atoms. The highest BCUT2D eigenvalue weighted by Crippen LogP contribution is 2.28. The van der Waals surface area contributed by atoms with Crippen molar-refractivity contribution in [3.63, 3.8) is 0 Å². The van der Waals surface area contributed by atoms with Crippen molar-refractivity contribution >= 4 is 5.91 Å². The highest BCUT2D eigenvalue weighted by molar-refractivity contribution is 5.94. The van der Waals surface area contributed by atoms with E-state index in [1.165, 1.54) is 6.07 Å². The Balaban J connectivity index is 1.54. The largest absolute Gasteiger partial charge is 0.350 e. The molecule has 0 radical (unpaired) electrons. The van der Waals surface area contributed by atoms with Crippen LogP contribution in [0.1, 0.15) is 33.9 Å². The number of fused-ring (bicyclic) bond motifs is 1. The van der Waals surface area contributed by atoms with Crippen molar-refractivity contribution in [3.05, 3.63) is 77.1 Å². The molecule has 5 nitrogen and oxygen atoms in total. The molecule has 0 bridgehead atoms. The SMILES string of the molecule is O=C(NCCc1ccccn1)c1nn(-c2ccccc2F)c2c1CCC2. The molecule has 4 rings (SSSR count). The maximum absolute atomic E-state index is 14.2. The number of hydrogen-bond acceptors (Lipinski definition) is 3. The van der Waals surface area contributed by atoms with E-state index in [1.807, 2.05) is 18.2 Å². The van der Waals surface area contributed by atoms with Gasteiger partial charge in [0, 0.05) is 36.1 Å². The maximum Gasteiger partial charge on any atom is 0.272 e. The molecule has 0 spiro atoms. The van der Waals surface area contributed by atoms with Gasteiger partial charge in [-0.05, 0) is 43.5 Å². The van der Waals surface area contributed by atoms with E-state index in [0.717, 1.165) is 36.2 Å². The lowest BCUT2D eigenvalue weighted by Crippen LogP contribution is -2.27. The summed E-state index contributed by atoms with van der Waals surface area (Å²) in [6, 6.07) is 12.2. The first-order valence-electron chi connectivity index (χ1n) is 8.78. The quantitative estimate of drug-likeness (QED) is 0.770. The molecule has 1 aliphatic carbocycles. The molecule has 0 saturated heterocycles. The third kappa shape index (κ3) is 3.10. The van der Waals surface area contributed by atoms with Gasteiger partial charge in [-0.15, -0.1) is 0 Å². The fourth-order valence-electron chi connectivity index (χ4n) is 3.38. The van der Waals surface area contributed by atoms with E-state index in [1.54, 1.807) is 29.1 Å². The molecule has 1 N–H and O–H groups in total. The number of hydrogen-bond donors (Lipinski definition) is 1. The van der Waals surface area contributed by atoms with Gasteiger partial charge in [0.05, 0.1) is 0 Å². The van der Waals surface area contributed by atoms with Crippen LogP contribution in [0.25, 0.3) is 5.69 Å². The molecule has 0 fully saturated rings. The van der Waals surface area contributed by atoms with Crippen molar-refractivity contribution < 1.29 is 9.18 Å². The minimum absolute atomic E-state index is 0.214. The van der Waals surface area contributed by atoms with E-state index < -0.39 is 0 Å². The number of aromatic nitrogens is 3. The van der Waals surface area contributed by atoms with Crippen LogP contribution in [-0.4, -0.2) is 27.2 Å². The zero-order valence-electron chi connectivity index (χ0n) is 14.3. The molecule has 1 amide bonds. The fraction of sp³-hybridized carbons (Fsp3) is 0.250. The molecule has 3 aromatic rings. The standard InChI is InChI=1S/C20H19FN4O/c21-16-8-1-2-9-18(16)25-17-10-5-7-15(17)19(24-25)20(26)23-13-11-14-6-3-4-12-22-14/h1-4,6,8-9,12H,5,7,10-11,13H2,(H,23,26). The molecule has 132 valence electrons. The second-order valence-electron chi connectivity index (χ2n) is 6.32. The van der Waals surface area contributed by atoms with Crippen LogP contribution in [-0.2, 0) is 19.3 Å². The van der Waals surface area contributed by atoms with Gasteiger partial charge in [0.1, 0.15) is 11.5 Å². The third-order valence-corrected chi connectivity index (χ3v) is 4.62. The summed E-state index contributed by atoms with van der Waals surface area (Å²) in [6.07, 6.45) is 4.95. The maximum atomic E-state index is 14.2. The van der Waals surface area contributed by atoms with Gasteiger partial charge in [-0.25, -0.2) is 9.07 Å². The van der Waals surface area contributed by atoms with Crippen molar-refractivity contribution in [2.75, 3.05) is 6.54 Å². The summed E-state index contributed by atoms with van der Waals surface area (Å²) in [5.74, 6) is -0.555. The van der Waals surface area contributed by atoms with Gasteiger partial charge in [-0.3, -0.25) is 9.78 Å². The van der Waals surface area contributed by atoms with E-state index in [9.17, 15) is 9.18 Å². The zero-order chi connectivity index (χ0) is 17.9. The van der Waals surface area contributed by atoms with Gasteiger partial charge in [0.25, 0.3) is 5.91 Å². The lowest BCUT2D eigenvalue weighted by molar-refractivity contribution is 0.0947. The summed E-state index contributed by atoms with van der Waals surface area (Å²) >= 11 is 0. The van der Waals surface area contributed by atoms with E-state index in [2.05, 4.69) is 15.4 Å². The molecule has 2 heterocycles. The van der Waals surface area contributed by atoms with Crippen LogP contribution in [0.5, 0.6) is 0 Å². The van der Waals surface area contributed by atoms with Crippen molar-refractivity contribution in [2.24, 2.45) is 0 Å². The summed E-state index contributed by atoms with van der Waals surface area (Å²) < 4.78 is 15.8. The van der Waals surface area contributed by atoms with Gasteiger partial charge >= 0.3 is 0 Å². The van der Waals surface area contributed by atoms with Gasteiger partial charge in [0.15, 0.2) is 5.69 Å². The predicted molar refractivity (Wildman–Crippen MR) is 95.8 cm³/mol. The number of carbonyl (C=O) groups excluding carboxylic acids is 1. The van der Waals surface area contributed by atoms with Crippen LogP contribution in [0, 0.1) is 5.82 Å². The van der Waals surface area contributed by atoms with Gasteiger partial charge in [-0.2, -0.15) is 5.10 Å². The molecule has 0 atom stereocenters. The molecular formula is C20H19FN4O. The van der Waals surface area contributed by atoms with Crippen molar-refractivity contribution in [1.29, 1.82) is 0 Å². The fourth-order valence-corrected chi connectivity index (χ4v) is 3.38. The number of para-hydroxylation sites is 1. The number of amides is 1. The Hall–Kier alpha value is -3.02. The van der Waals surface area contributed by atoms with Crippen LogP contribution in [0.15, 0.2) is 48.7 Å². The minimum Gasteiger partial charge on any atom is -0.350 e. The average molecular weight is 350 g/mol. The molecule has 6 heteroatoms. The molecule has 1 aliphatic rings. The first-order chi connectivity index (χ1) is 12.7. The number of rotatable bonds is 5. The Kier molecular flexibility index (Phi) is 4.48. The van der Waals surface area contributed by atoms with Crippen LogP contribution in [0.2, 0.25) is 0 Å². The number of benzene rings is 1. The van der Waals surface area contributed by atoms with Gasteiger partial charge < -0.3 is 5.32 Å². The number of halogens is 1. The predicted octanol–water partition coefficient (Wildman–Crippen LogP) is 2.87. The average Bonchev–Trinajstić information content (AvgIpc) is 3.26. The molecular weight excluding hydrogens is 331 g/mol. The van der Waals surface area contributed by atoms with Crippen molar-refractivity contribution in [3.8, 4) is 5.69 Å². The summed E-state index contributed by atoms with van der Waals surface area (Å²) in [5.41, 5.74) is 3.59. The number of nitrogens with one attached hydrogen (secondary N) is 1. The van der Waals surface area contributed by atoms with E-state index in [-0.39, 0.29) is 11.7 Å². The highest BCUT2D eigenvalue weighted by atomic mass is 19.1. The monoisotopic (exact) mass is 350 g/mol. The second kappa shape index (κ2) is 7.07. The lowest BCUT2D eigenvalue weighted by Gasteiger charge is -2.06. The summed E-state index contributed by atoms with van der Waals surface area (Å²) in [5, 5.41) is 7.35. The Bertz CT molecular complexity index is 936. The Morgan fingerprint density at radius 1 is 1.15 bits per heavy atom. The van der Waals surface area contributed by atoms with Crippen LogP contribution in [0.4, 0.5) is 4.39 Å². The van der Waals surface area contributed by atoms with Crippen molar-refractivity contribution in [1.82, 2.24) is 20.1 Å². The van der Waals surface area contributed by atoms with E-state index in [4.69, 9.17) is 0 Å². The molecule has 0 unspecified atom stereocenters. The van der Waals surface area contributed by atoms with Crippen LogP contribution in [0.3, 0.4) is 0 Å². The molecule has 1 aromatic carbocycles. The minimum atomic E-state index is -0.341. The van der Waals surface area contributed by atoms with Crippen LogP contribution < -0.4 is 5.32 Å². The van der Waals surface area contributed by atoms with E-state index >= 15 is 0 Å². The highest BCUT2D eigenvalue weighted by Gasteiger charge is 2.27. The van der Waals surface area contributed by atoms with Gasteiger partial charge in [-0.1, -0.05) is 18.2 Å². The topological polar surface area (TPSA) is 59.8 Å². The Morgan fingerprint density at radius 3 is 2.81 bits per heavy atom. The van der Waals surface area contributed by atoms with Crippen molar-refractivity contribution in [2.45, 2.75) is 25.7 Å². The van der Waals surface area contributed by atoms with Crippen LogP contribution >= 0.6 is 0 Å². The summed E-state index contributed by atoms with van der Waals surface area (Å²) in [7, 11) is 0. The normalized spacial score (nSPS) is 12.8. The smallest absolute Gasteiger partial charge is 0.272 e. The third-order valence-electron chi connectivity index (χ3n) is 4.62. The first kappa shape index (κ1) is 16.4. The van der Waals surface area contributed by atoms with Gasteiger partial charge in [0.2, 0.25) is 0 Å². The lowest BCUT2D eigenvalue weighted by atomic mass is 10.2.